The molecule has 1 aliphatic rings. The molecule has 2 atom stereocenters. The SMILES string of the molecule is CC1(CCCCO)CC[Si](C)(CCCCO)[Si](C)(C)O1. The van der Waals surface area contributed by atoms with Crippen LogP contribution in [-0.2, 0) is 4.43 Å². The third-order valence-electron chi connectivity index (χ3n) is 5.41. The van der Waals surface area contributed by atoms with Crippen LogP contribution < -0.4 is 0 Å². The van der Waals surface area contributed by atoms with Crippen LogP contribution in [0.25, 0.3) is 0 Å². The maximum atomic E-state index is 8.99. The van der Waals surface area contributed by atoms with Gasteiger partial charge in [-0.1, -0.05) is 25.1 Å². The van der Waals surface area contributed by atoms with Gasteiger partial charge < -0.3 is 14.6 Å². The van der Waals surface area contributed by atoms with Crippen LogP contribution in [0.3, 0.4) is 0 Å². The quantitative estimate of drug-likeness (QED) is 0.532. The first kappa shape index (κ1) is 18.4. The summed E-state index contributed by atoms with van der Waals surface area (Å²) < 4.78 is 6.71. The lowest BCUT2D eigenvalue weighted by atomic mass is 9.96. The fourth-order valence-corrected chi connectivity index (χ4v) is 14.7. The lowest BCUT2D eigenvalue weighted by Crippen LogP contribution is -2.66. The third-order valence-corrected chi connectivity index (χ3v) is 22.7. The summed E-state index contributed by atoms with van der Waals surface area (Å²) in [6.45, 7) is 10.3. The minimum Gasteiger partial charge on any atom is -0.415 e. The van der Waals surface area contributed by atoms with E-state index in [2.05, 4.69) is 26.6 Å². The van der Waals surface area contributed by atoms with Crippen LogP contribution in [0.2, 0.25) is 31.7 Å². The van der Waals surface area contributed by atoms with Crippen LogP contribution in [0, 0.1) is 0 Å². The minimum absolute atomic E-state index is 0.0500. The first-order valence-electron chi connectivity index (χ1n) is 8.20. The molecule has 0 aromatic heterocycles. The Hall–Kier alpha value is 0.314. The van der Waals surface area contributed by atoms with E-state index in [4.69, 9.17) is 14.6 Å². The predicted molar refractivity (Wildman–Crippen MR) is 90.1 cm³/mol. The molecule has 2 unspecified atom stereocenters. The maximum Gasteiger partial charge on any atom is 0.174 e. The third kappa shape index (κ3) is 4.66. The predicted octanol–water partition coefficient (Wildman–Crippen LogP) is 3.46. The summed E-state index contributed by atoms with van der Waals surface area (Å²) in [7, 11) is -2.88. The molecule has 1 heterocycles. The van der Waals surface area contributed by atoms with Crippen molar-refractivity contribution in [3.05, 3.63) is 0 Å². The van der Waals surface area contributed by atoms with E-state index in [9.17, 15) is 0 Å². The number of unbranched alkanes of at least 4 members (excludes halogenated alkanes) is 2. The Balaban J connectivity index is 2.61. The van der Waals surface area contributed by atoms with Crippen molar-refractivity contribution in [2.45, 2.75) is 82.8 Å². The van der Waals surface area contributed by atoms with Gasteiger partial charge in [-0.15, -0.1) is 0 Å². The summed E-state index contributed by atoms with van der Waals surface area (Å²) >= 11 is 0. The molecular weight excluding hydrogens is 284 g/mol. The van der Waals surface area contributed by atoms with Gasteiger partial charge in [0.05, 0.1) is 13.2 Å². The molecule has 0 amide bonds. The highest BCUT2D eigenvalue weighted by molar-refractivity contribution is 7.38. The van der Waals surface area contributed by atoms with E-state index in [1.807, 2.05) is 0 Å². The van der Waals surface area contributed by atoms with Gasteiger partial charge in [-0.3, -0.25) is 0 Å². The van der Waals surface area contributed by atoms with E-state index in [0.29, 0.717) is 13.2 Å². The molecule has 1 aliphatic heterocycles. The summed E-state index contributed by atoms with van der Waals surface area (Å²) in [5, 5.41) is 17.9. The van der Waals surface area contributed by atoms with Gasteiger partial charge >= 0.3 is 0 Å². The largest absolute Gasteiger partial charge is 0.415 e. The van der Waals surface area contributed by atoms with Crippen molar-refractivity contribution in [3.63, 3.8) is 0 Å². The maximum absolute atomic E-state index is 8.99. The zero-order valence-electron chi connectivity index (χ0n) is 13.9. The molecule has 120 valence electrons. The Bertz CT molecular complexity index is 299. The molecule has 2 N–H and O–H groups in total. The van der Waals surface area contributed by atoms with Gasteiger partial charge in [-0.25, -0.2) is 0 Å². The van der Waals surface area contributed by atoms with Crippen LogP contribution in [0.15, 0.2) is 0 Å². The highest BCUT2D eigenvalue weighted by atomic mass is 29.3. The average molecular weight is 319 g/mol. The highest BCUT2D eigenvalue weighted by Crippen LogP contribution is 2.43. The minimum atomic E-state index is -1.59. The second-order valence-corrected chi connectivity index (χ2v) is 22.1. The zero-order valence-corrected chi connectivity index (χ0v) is 15.9. The summed E-state index contributed by atoms with van der Waals surface area (Å²) in [6.07, 6.45) is 6.36. The summed E-state index contributed by atoms with van der Waals surface area (Å²) in [5.41, 5.74) is 0.0500. The molecule has 0 aliphatic carbocycles. The molecule has 0 bridgehead atoms. The van der Waals surface area contributed by atoms with Crippen molar-refractivity contribution < 1.29 is 14.6 Å². The smallest absolute Gasteiger partial charge is 0.174 e. The van der Waals surface area contributed by atoms with Crippen LogP contribution >= 0.6 is 0 Å². The standard InChI is InChI=1S/C15H34O3Si2/c1-15(9-5-6-11-16)10-14-20(4,13-8-7-12-17)19(2,3)18-15/h16-17H,5-14H2,1-4H3. The first-order valence-corrected chi connectivity index (χ1v) is 15.0. The van der Waals surface area contributed by atoms with Crippen molar-refractivity contribution in [2.75, 3.05) is 13.2 Å². The van der Waals surface area contributed by atoms with Gasteiger partial charge in [0.2, 0.25) is 0 Å². The van der Waals surface area contributed by atoms with E-state index in [1.54, 1.807) is 0 Å². The average Bonchev–Trinajstić information content (AvgIpc) is 2.35. The molecule has 5 heteroatoms. The van der Waals surface area contributed by atoms with E-state index >= 15 is 0 Å². The summed E-state index contributed by atoms with van der Waals surface area (Å²) in [6, 6.07) is 2.70. The second-order valence-electron chi connectivity index (χ2n) is 7.48. The van der Waals surface area contributed by atoms with Gasteiger partial charge in [-0.2, -0.15) is 0 Å². The van der Waals surface area contributed by atoms with Crippen LogP contribution in [0.5, 0.6) is 0 Å². The number of hydrogen-bond donors (Lipinski definition) is 2. The molecular formula is C15H34O3Si2. The number of hydrogen-bond acceptors (Lipinski definition) is 3. The van der Waals surface area contributed by atoms with E-state index < -0.39 is 15.4 Å². The van der Waals surface area contributed by atoms with Gasteiger partial charge in [-0.05, 0) is 52.1 Å². The van der Waals surface area contributed by atoms with Crippen molar-refractivity contribution in [2.24, 2.45) is 0 Å². The molecule has 1 saturated heterocycles. The van der Waals surface area contributed by atoms with E-state index in [1.165, 1.54) is 24.9 Å². The van der Waals surface area contributed by atoms with Crippen molar-refractivity contribution in [3.8, 4) is 0 Å². The Morgan fingerprint density at radius 3 is 2.15 bits per heavy atom. The van der Waals surface area contributed by atoms with Crippen LogP contribution in [0.4, 0.5) is 0 Å². The van der Waals surface area contributed by atoms with Gasteiger partial charge in [0, 0.05) is 13.2 Å². The fourth-order valence-electron chi connectivity index (χ4n) is 3.47. The molecule has 0 saturated carbocycles. The fraction of sp³-hybridized carbons (Fsp3) is 1.00. The highest BCUT2D eigenvalue weighted by Gasteiger charge is 2.53. The van der Waals surface area contributed by atoms with Crippen molar-refractivity contribution in [1.82, 2.24) is 0 Å². The van der Waals surface area contributed by atoms with Crippen molar-refractivity contribution in [1.29, 1.82) is 0 Å². The normalized spacial score (nSPS) is 33.3. The molecule has 1 fully saturated rings. The molecule has 20 heavy (non-hydrogen) atoms. The van der Waals surface area contributed by atoms with Gasteiger partial charge in [0.15, 0.2) is 7.83 Å². The van der Waals surface area contributed by atoms with Crippen LogP contribution in [-0.4, -0.2) is 44.5 Å². The Labute approximate surface area is 126 Å². The van der Waals surface area contributed by atoms with Gasteiger partial charge in [0.1, 0.15) is 0 Å². The first-order chi connectivity index (χ1) is 9.29. The molecule has 0 spiro atoms. The topological polar surface area (TPSA) is 49.7 Å². The molecule has 0 aromatic carbocycles. The van der Waals surface area contributed by atoms with Crippen LogP contribution in [0.1, 0.15) is 45.4 Å². The Morgan fingerprint density at radius 2 is 1.60 bits per heavy atom. The Kier molecular flexibility index (Phi) is 6.92. The van der Waals surface area contributed by atoms with Gasteiger partial charge in [0.25, 0.3) is 0 Å². The van der Waals surface area contributed by atoms with E-state index in [0.717, 1.165) is 25.7 Å². The second kappa shape index (κ2) is 7.54. The number of aliphatic hydroxyl groups is 2. The number of aliphatic hydroxyl groups excluding tert-OH is 2. The Morgan fingerprint density at radius 1 is 1.00 bits per heavy atom. The zero-order chi connectivity index (χ0) is 15.3. The summed E-state index contributed by atoms with van der Waals surface area (Å²) in [5.74, 6) is 0. The number of rotatable bonds is 8. The lowest BCUT2D eigenvalue weighted by molar-refractivity contribution is 0.0590. The van der Waals surface area contributed by atoms with Crippen molar-refractivity contribution >= 4 is 15.4 Å². The monoisotopic (exact) mass is 318 g/mol. The molecule has 0 radical (unpaired) electrons. The molecule has 1 rings (SSSR count). The molecule has 3 nitrogen and oxygen atoms in total. The molecule has 0 aromatic rings. The van der Waals surface area contributed by atoms with E-state index in [-0.39, 0.29) is 5.60 Å². The summed E-state index contributed by atoms with van der Waals surface area (Å²) in [4.78, 5) is 0. The lowest BCUT2D eigenvalue weighted by Gasteiger charge is -2.52.